The number of phenols is 1. The number of rotatable bonds is 1. The van der Waals surface area contributed by atoms with Crippen LogP contribution in [0.1, 0.15) is 27.0 Å². The zero-order chi connectivity index (χ0) is 22.9. The SMILES string of the molecule is O=C(O)Oc1ccc2c(c1)Oc1cc(O)ccc1C21OC(=O)c2c(Cl)c(Cl)c(Cl)c(Cl)c21. The number of benzene rings is 3. The molecule has 162 valence electrons. The number of carbonyl (C=O) groups is 2. The van der Waals surface area contributed by atoms with Crippen molar-refractivity contribution in [1.29, 1.82) is 0 Å². The molecular formula is C21H8Cl4O7. The smallest absolute Gasteiger partial charge is 0.508 e. The average molecular weight is 514 g/mol. The number of carboxylic acid groups (broad SMARTS) is 1. The standard InChI is InChI=1S/C21H8Cl4O7/c22-15-13-14(16(23)18(25)17(15)24)21(32-19(13)27)9-3-1-7(26)5-11(9)31-12-6-8(30-20(28)29)2-4-10(12)21/h1-6,26H,(H,28,29). The first-order valence-corrected chi connectivity index (χ1v) is 10.3. The second-order valence-electron chi connectivity index (χ2n) is 6.89. The van der Waals surface area contributed by atoms with Gasteiger partial charge >= 0.3 is 12.1 Å². The number of esters is 1. The Labute approximate surface area is 199 Å². The molecule has 2 aliphatic rings. The highest BCUT2D eigenvalue weighted by Crippen LogP contribution is 2.61. The van der Waals surface area contributed by atoms with E-state index in [1.54, 1.807) is 0 Å². The van der Waals surface area contributed by atoms with E-state index in [0.717, 1.165) is 0 Å². The van der Waals surface area contributed by atoms with Gasteiger partial charge < -0.3 is 24.4 Å². The quantitative estimate of drug-likeness (QED) is 0.163. The number of aromatic hydroxyl groups is 1. The van der Waals surface area contributed by atoms with Crippen LogP contribution in [0.15, 0.2) is 36.4 Å². The molecule has 0 saturated carbocycles. The lowest BCUT2D eigenvalue weighted by atomic mass is 9.77. The first-order valence-electron chi connectivity index (χ1n) is 8.81. The third kappa shape index (κ3) is 2.75. The summed E-state index contributed by atoms with van der Waals surface area (Å²) >= 11 is 25.4. The number of carbonyl (C=O) groups excluding carboxylic acids is 1. The van der Waals surface area contributed by atoms with Gasteiger partial charge in [0.1, 0.15) is 23.0 Å². The maximum Gasteiger partial charge on any atom is 0.511 e. The van der Waals surface area contributed by atoms with Gasteiger partial charge in [0.15, 0.2) is 5.60 Å². The topological polar surface area (TPSA) is 102 Å². The molecule has 3 aromatic carbocycles. The summed E-state index contributed by atoms with van der Waals surface area (Å²) in [4.78, 5) is 24.0. The lowest BCUT2D eigenvalue weighted by Gasteiger charge is -2.37. The molecule has 0 fully saturated rings. The van der Waals surface area contributed by atoms with Crippen LogP contribution in [0.25, 0.3) is 0 Å². The van der Waals surface area contributed by atoms with Crippen molar-refractivity contribution in [3.05, 3.63) is 78.7 Å². The molecule has 0 aliphatic carbocycles. The third-order valence-electron chi connectivity index (χ3n) is 5.17. The predicted molar refractivity (Wildman–Crippen MR) is 115 cm³/mol. The molecule has 1 atom stereocenters. The van der Waals surface area contributed by atoms with Crippen LogP contribution in [0.3, 0.4) is 0 Å². The summed E-state index contributed by atoms with van der Waals surface area (Å²) in [6.45, 7) is 0. The summed E-state index contributed by atoms with van der Waals surface area (Å²) in [5, 5.41) is 18.6. The minimum Gasteiger partial charge on any atom is -0.508 e. The molecule has 5 rings (SSSR count). The van der Waals surface area contributed by atoms with E-state index < -0.39 is 17.7 Å². The van der Waals surface area contributed by atoms with Crippen LogP contribution in [0, 0.1) is 0 Å². The largest absolute Gasteiger partial charge is 0.511 e. The molecule has 0 amide bonds. The number of fused-ring (bicyclic) bond motifs is 6. The third-order valence-corrected chi connectivity index (χ3v) is 6.97. The number of halogens is 4. The first kappa shape index (κ1) is 21.0. The molecule has 0 saturated heterocycles. The summed E-state index contributed by atoms with van der Waals surface area (Å²) < 4.78 is 16.5. The molecule has 1 unspecified atom stereocenters. The maximum atomic E-state index is 13.0. The molecule has 2 N–H and O–H groups in total. The second kappa shape index (κ2) is 7.08. The van der Waals surface area contributed by atoms with Gasteiger partial charge in [-0.2, -0.15) is 0 Å². The summed E-state index contributed by atoms with van der Waals surface area (Å²) in [6.07, 6.45) is -1.53. The van der Waals surface area contributed by atoms with Crippen LogP contribution in [0.2, 0.25) is 20.1 Å². The molecule has 0 bridgehead atoms. The van der Waals surface area contributed by atoms with Gasteiger partial charge in [-0.05, 0) is 24.3 Å². The van der Waals surface area contributed by atoms with Crippen molar-refractivity contribution < 1.29 is 34.0 Å². The summed E-state index contributed by atoms with van der Waals surface area (Å²) in [5.41, 5.74) is -0.953. The van der Waals surface area contributed by atoms with E-state index in [9.17, 15) is 14.7 Å². The van der Waals surface area contributed by atoms with Crippen molar-refractivity contribution in [3.63, 3.8) is 0 Å². The Balaban J connectivity index is 1.90. The zero-order valence-corrected chi connectivity index (χ0v) is 18.4. The molecule has 0 aromatic heterocycles. The fourth-order valence-corrected chi connectivity index (χ4v) is 5.03. The van der Waals surface area contributed by atoms with E-state index in [1.165, 1.54) is 36.4 Å². The van der Waals surface area contributed by atoms with Gasteiger partial charge in [0.2, 0.25) is 0 Å². The van der Waals surface area contributed by atoms with Crippen molar-refractivity contribution in [3.8, 4) is 23.0 Å². The lowest BCUT2D eigenvalue weighted by molar-refractivity contribution is 0.0224. The van der Waals surface area contributed by atoms with Crippen molar-refractivity contribution in [2.45, 2.75) is 5.60 Å². The van der Waals surface area contributed by atoms with E-state index >= 15 is 0 Å². The van der Waals surface area contributed by atoms with Crippen molar-refractivity contribution >= 4 is 58.5 Å². The van der Waals surface area contributed by atoms with Crippen LogP contribution in [-0.2, 0) is 10.3 Å². The second-order valence-corrected chi connectivity index (χ2v) is 8.40. The van der Waals surface area contributed by atoms with Gasteiger partial charge in [0.25, 0.3) is 0 Å². The Hall–Kier alpha value is -2.84. The van der Waals surface area contributed by atoms with Gasteiger partial charge in [0, 0.05) is 28.8 Å². The van der Waals surface area contributed by atoms with Crippen LogP contribution >= 0.6 is 46.4 Å². The minimum absolute atomic E-state index is 0.0437. The van der Waals surface area contributed by atoms with Gasteiger partial charge in [-0.1, -0.05) is 46.4 Å². The summed E-state index contributed by atoms with van der Waals surface area (Å²) in [6, 6.07) is 8.33. The Bertz CT molecular complexity index is 1370. The Morgan fingerprint density at radius 3 is 2.22 bits per heavy atom. The Morgan fingerprint density at radius 2 is 1.53 bits per heavy atom. The molecule has 32 heavy (non-hydrogen) atoms. The first-order chi connectivity index (χ1) is 15.1. The van der Waals surface area contributed by atoms with Gasteiger partial charge in [0.05, 0.1) is 25.7 Å². The predicted octanol–water partition coefficient (Wildman–Crippen LogP) is 6.63. The minimum atomic E-state index is -1.67. The van der Waals surface area contributed by atoms with Crippen molar-refractivity contribution in [2.75, 3.05) is 0 Å². The van der Waals surface area contributed by atoms with Gasteiger partial charge in [-0.3, -0.25) is 0 Å². The molecule has 0 radical (unpaired) electrons. The lowest BCUT2D eigenvalue weighted by Crippen LogP contribution is -2.33. The molecule has 2 aliphatic heterocycles. The van der Waals surface area contributed by atoms with E-state index in [0.29, 0.717) is 11.1 Å². The van der Waals surface area contributed by atoms with Crippen LogP contribution in [0.4, 0.5) is 4.79 Å². The maximum absolute atomic E-state index is 13.0. The molecule has 11 heteroatoms. The zero-order valence-electron chi connectivity index (χ0n) is 15.4. The van der Waals surface area contributed by atoms with Crippen LogP contribution in [-0.4, -0.2) is 22.3 Å². The molecule has 7 nitrogen and oxygen atoms in total. The number of ether oxygens (including phenoxy) is 3. The van der Waals surface area contributed by atoms with E-state index in [-0.39, 0.29) is 54.2 Å². The fourth-order valence-electron chi connectivity index (χ4n) is 3.97. The fraction of sp³-hybridized carbons (Fsp3) is 0.0476. The highest BCUT2D eigenvalue weighted by molar-refractivity contribution is 6.53. The average Bonchev–Trinajstić information content (AvgIpc) is 3.03. The Morgan fingerprint density at radius 1 is 0.906 bits per heavy atom. The highest BCUT2D eigenvalue weighted by atomic mass is 35.5. The molecular weight excluding hydrogens is 506 g/mol. The normalized spacial score (nSPS) is 17.8. The van der Waals surface area contributed by atoms with Gasteiger partial charge in [-0.15, -0.1) is 0 Å². The van der Waals surface area contributed by atoms with E-state index in [4.69, 9.17) is 65.7 Å². The van der Waals surface area contributed by atoms with Crippen molar-refractivity contribution in [1.82, 2.24) is 0 Å². The Kier molecular flexibility index (Phi) is 4.65. The summed E-state index contributed by atoms with van der Waals surface area (Å²) in [5.74, 6) is -0.742. The van der Waals surface area contributed by atoms with E-state index in [2.05, 4.69) is 0 Å². The van der Waals surface area contributed by atoms with Gasteiger partial charge in [-0.25, -0.2) is 9.59 Å². The number of hydrogen-bond donors (Lipinski definition) is 2. The highest BCUT2D eigenvalue weighted by Gasteiger charge is 2.56. The summed E-state index contributed by atoms with van der Waals surface area (Å²) in [7, 11) is 0. The van der Waals surface area contributed by atoms with E-state index in [1.807, 2.05) is 0 Å². The van der Waals surface area contributed by atoms with Crippen LogP contribution in [0.5, 0.6) is 23.0 Å². The van der Waals surface area contributed by atoms with Crippen molar-refractivity contribution in [2.24, 2.45) is 0 Å². The molecule has 2 heterocycles. The van der Waals surface area contributed by atoms with Crippen LogP contribution < -0.4 is 9.47 Å². The number of phenolic OH excluding ortho intramolecular Hbond substituents is 1. The monoisotopic (exact) mass is 512 g/mol. The number of hydrogen-bond acceptors (Lipinski definition) is 6. The molecule has 1 spiro atoms. The molecule has 3 aromatic rings.